The highest BCUT2D eigenvalue weighted by Gasteiger charge is 2.15. The predicted molar refractivity (Wildman–Crippen MR) is 300 cm³/mol. The Morgan fingerprint density at radius 1 is 0.457 bits per heavy atom. The molecule has 0 bridgehead atoms. The summed E-state index contributed by atoms with van der Waals surface area (Å²) in [5, 5.41) is 31.5. The second kappa shape index (κ2) is 29.9. The third-order valence-corrected chi connectivity index (χ3v) is 11.5. The summed E-state index contributed by atoms with van der Waals surface area (Å²) in [5.41, 5.74) is 2.19. The number of carboxylic acids is 1. The zero-order valence-electron chi connectivity index (χ0n) is 44.1. The van der Waals surface area contributed by atoms with Gasteiger partial charge in [0.05, 0.1) is 16.7 Å². The molecule has 1 fully saturated rings. The summed E-state index contributed by atoms with van der Waals surface area (Å²) in [7, 11) is 0. The van der Waals surface area contributed by atoms with Gasteiger partial charge in [0.1, 0.15) is 40.2 Å². The summed E-state index contributed by atoms with van der Waals surface area (Å²) < 4.78 is 46.6. The molecule has 0 amide bonds. The lowest BCUT2D eigenvalue weighted by atomic mass is 10.1. The van der Waals surface area contributed by atoms with Crippen molar-refractivity contribution in [2.45, 2.75) is 26.7 Å². The van der Waals surface area contributed by atoms with Crippen molar-refractivity contribution < 1.29 is 86.7 Å². The first-order valence-corrected chi connectivity index (χ1v) is 24.7. The number of phenolic OH excluding ortho intramolecular Hbond substituents is 2. The van der Waals surface area contributed by atoms with Gasteiger partial charge in [-0.2, -0.15) is 0 Å². The zero-order valence-corrected chi connectivity index (χ0v) is 44.1. The minimum atomic E-state index is -0.969. The maximum Gasteiger partial charge on any atom is 0.343 e. The monoisotopic (exact) mass is 1100 g/mol. The average Bonchev–Trinajstić information content (AvgIpc) is 4.08. The van der Waals surface area contributed by atoms with Crippen molar-refractivity contribution in [1.82, 2.24) is 0 Å². The summed E-state index contributed by atoms with van der Waals surface area (Å²) >= 11 is 0. The Morgan fingerprint density at radius 3 is 1.23 bits per heavy atom. The Balaban J connectivity index is 0.000000250. The molecular formula is C63H56O18. The second-order valence-corrected chi connectivity index (χ2v) is 17.3. The molecular weight excluding hydrogens is 1040 g/mol. The van der Waals surface area contributed by atoms with Gasteiger partial charge in [0, 0.05) is 31.4 Å². The number of hydrogen-bond acceptors (Lipinski definition) is 17. The van der Waals surface area contributed by atoms with Gasteiger partial charge in [0.25, 0.3) is 0 Å². The van der Waals surface area contributed by atoms with Crippen LogP contribution in [0.2, 0.25) is 0 Å². The van der Waals surface area contributed by atoms with E-state index in [0.717, 1.165) is 63.8 Å². The first kappa shape index (κ1) is 59.8. The molecule has 0 atom stereocenters. The van der Waals surface area contributed by atoms with Crippen LogP contribution in [0, 0.1) is 13.8 Å². The molecule has 0 spiro atoms. The van der Waals surface area contributed by atoms with Crippen LogP contribution in [0.1, 0.15) is 55.0 Å². The maximum absolute atomic E-state index is 13.0. The van der Waals surface area contributed by atoms with Crippen LogP contribution in [0.3, 0.4) is 0 Å². The molecule has 0 saturated carbocycles. The molecule has 3 N–H and O–H groups in total. The van der Waals surface area contributed by atoms with Crippen LogP contribution in [0.5, 0.6) is 40.2 Å². The summed E-state index contributed by atoms with van der Waals surface area (Å²) in [6.07, 6.45) is 5.71. The highest BCUT2D eigenvalue weighted by Crippen LogP contribution is 2.29. The van der Waals surface area contributed by atoms with Crippen LogP contribution in [0.15, 0.2) is 184 Å². The third kappa shape index (κ3) is 18.6. The molecule has 9 rings (SSSR count). The van der Waals surface area contributed by atoms with Crippen LogP contribution >= 0.6 is 0 Å². The summed E-state index contributed by atoms with van der Waals surface area (Å²) in [6.45, 7) is 14.7. The highest BCUT2D eigenvalue weighted by atomic mass is 16.7. The number of phenols is 2. The average molecular weight is 1100 g/mol. The van der Waals surface area contributed by atoms with E-state index in [-0.39, 0.29) is 43.2 Å². The molecule has 1 aliphatic heterocycles. The number of aromatic hydroxyl groups is 2. The van der Waals surface area contributed by atoms with Gasteiger partial charge in [0.2, 0.25) is 20.4 Å². The van der Waals surface area contributed by atoms with E-state index in [0.29, 0.717) is 45.3 Å². The molecule has 416 valence electrons. The van der Waals surface area contributed by atoms with Crippen LogP contribution < -0.4 is 23.7 Å². The molecule has 18 heteroatoms. The smallest absolute Gasteiger partial charge is 0.343 e. The van der Waals surface area contributed by atoms with Gasteiger partial charge < -0.3 is 58.0 Å². The predicted octanol–water partition coefficient (Wildman–Crippen LogP) is 11.7. The lowest BCUT2D eigenvalue weighted by Crippen LogP contribution is -2.10. The molecule has 0 unspecified atom stereocenters. The minimum Gasteiger partial charge on any atom is -0.508 e. The van der Waals surface area contributed by atoms with Crippen molar-refractivity contribution in [3.63, 3.8) is 0 Å². The first-order valence-electron chi connectivity index (χ1n) is 24.7. The Hall–Kier alpha value is -10.5. The van der Waals surface area contributed by atoms with E-state index in [2.05, 4.69) is 19.7 Å². The van der Waals surface area contributed by atoms with Gasteiger partial charge in [0.15, 0.2) is 0 Å². The Kier molecular flexibility index (Phi) is 22.1. The molecule has 0 radical (unpaired) electrons. The van der Waals surface area contributed by atoms with Crippen LogP contribution in [0.4, 0.5) is 0 Å². The number of rotatable bonds is 17. The number of benzene rings is 8. The lowest BCUT2D eigenvalue weighted by molar-refractivity contribution is -0.145. The van der Waals surface area contributed by atoms with Crippen molar-refractivity contribution >= 4 is 68.1 Å². The quantitative estimate of drug-likeness (QED) is 0.0191. The summed E-state index contributed by atoms with van der Waals surface area (Å²) in [6, 6.07) is 39.7. The number of fused-ring (bicyclic) bond motifs is 3. The van der Waals surface area contributed by atoms with Crippen molar-refractivity contribution in [3.8, 4) is 40.2 Å². The van der Waals surface area contributed by atoms with Crippen LogP contribution in [-0.2, 0) is 33.3 Å². The zero-order chi connectivity index (χ0) is 58.3. The first-order chi connectivity index (χ1) is 39.0. The van der Waals surface area contributed by atoms with Gasteiger partial charge in [-0.25, -0.2) is 28.8 Å². The fourth-order valence-electron chi connectivity index (χ4n) is 7.25. The number of aryl methyl sites for hydroxylation is 2. The van der Waals surface area contributed by atoms with E-state index in [1.165, 1.54) is 37.1 Å². The van der Waals surface area contributed by atoms with E-state index in [9.17, 15) is 28.8 Å². The normalized spacial score (nSPS) is 11.1. The second-order valence-electron chi connectivity index (χ2n) is 17.3. The van der Waals surface area contributed by atoms with E-state index in [4.69, 9.17) is 58.0 Å². The molecule has 8 aromatic carbocycles. The van der Waals surface area contributed by atoms with E-state index in [1.54, 1.807) is 135 Å². The fraction of sp³-hybridized carbons (Fsp3) is 0.143. The number of hydrogen-bond donors (Lipinski definition) is 3. The van der Waals surface area contributed by atoms with Gasteiger partial charge >= 0.3 is 35.8 Å². The molecule has 18 nitrogen and oxygen atoms in total. The van der Waals surface area contributed by atoms with Crippen molar-refractivity contribution in [3.05, 3.63) is 211 Å². The fourth-order valence-corrected chi connectivity index (χ4v) is 7.25. The number of ether oxygens (including phenoxy) is 9. The molecule has 0 aliphatic carbocycles. The summed E-state index contributed by atoms with van der Waals surface area (Å²) in [5.74, 6) is -1.30. The van der Waals surface area contributed by atoms with E-state index >= 15 is 0 Å². The molecule has 81 heavy (non-hydrogen) atoms. The molecule has 1 heterocycles. The number of aromatic carboxylic acids is 1. The number of carbonyl (C=O) groups is 6. The number of carboxylic acid groups (broad SMARTS) is 1. The number of esters is 5. The van der Waals surface area contributed by atoms with Gasteiger partial charge in [-0.15, -0.1) is 0 Å². The topological polar surface area (TPSA) is 246 Å². The Bertz CT molecular complexity index is 3590. The van der Waals surface area contributed by atoms with Crippen molar-refractivity contribution in [2.24, 2.45) is 0 Å². The van der Waals surface area contributed by atoms with Gasteiger partial charge in [-0.3, -0.25) is 0 Å². The third-order valence-electron chi connectivity index (χ3n) is 11.5. The lowest BCUT2D eigenvalue weighted by Gasteiger charge is -2.11. The van der Waals surface area contributed by atoms with Crippen LogP contribution in [0.25, 0.3) is 32.3 Å². The number of carbonyl (C=O) groups excluding carboxylic acids is 5. The largest absolute Gasteiger partial charge is 0.508 e. The molecule has 1 aliphatic rings. The van der Waals surface area contributed by atoms with E-state index < -0.39 is 35.8 Å². The van der Waals surface area contributed by atoms with Gasteiger partial charge in [-0.1, -0.05) is 56.1 Å². The maximum atomic E-state index is 13.0. The van der Waals surface area contributed by atoms with Gasteiger partial charge in [-0.05, 0) is 179 Å². The molecule has 1 saturated heterocycles. The van der Waals surface area contributed by atoms with Crippen molar-refractivity contribution in [1.29, 1.82) is 0 Å². The van der Waals surface area contributed by atoms with Crippen molar-refractivity contribution in [2.75, 3.05) is 33.6 Å². The minimum absolute atomic E-state index is 0.185. The Labute approximate surface area is 465 Å². The SMILES string of the molecule is C1CCOC1.C=CC(=O)OCOc1ccc2cc(C(=O)O)ccc2c1.C=CC(=O)OCOc1ccc2cc(C(=O)Oc3ccc(OC(=O)c4ccc5cc(OCOC(=O)C=C)ccc5c4)c(C)c3)ccc2c1.Cc1cc(O)ccc1O. The highest BCUT2D eigenvalue weighted by molar-refractivity contribution is 5.98. The van der Waals surface area contributed by atoms with Crippen LogP contribution in [-0.4, -0.2) is 84.7 Å². The summed E-state index contributed by atoms with van der Waals surface area (Å²) in [4.78, 5) is 69.9. The Morgan fingerprint density at radius 2 is 0.852 bits per heavy atom. The standard InChI is InChI=1S/C37H28O10.C15H12O5.C7H8O2.C4H8O/c1-4-34(38)44-21-42-30-12-10-24-17-28(8-6-26(24)19-30)36(40)46-32-14-15-33(23(3)16-32)47-37(41)29-9-7-27-20-31(13-11-25(27)18-29)43-22-45-35(39)5-2;1-2-14(16)20-9-19-13-6-5-10-7-12(15(17)18)4-3-11(10)8-13;1-5-4-6(8)2-3-7(5)9;1-2-4-5-3-1/h4-20H,1-2,21-22H2,3H3;2-8H,1,9H2,(H,17,18);2-4,8-9H,1H3;1-4H2. The molecule has 0 aromatic heterocycles. The van der Waals surface area contributed by atoms with E-state index in [1.807, 2.05) is 0 Å². The molecule has 8 aromatic rings.